The minimum Gasteiger partial charge on any atom is -0.368 e. The Kier molecular flexibility index (Phi) is 1.91. The first kappa shape index (κ1) is 7.49. The van der Waals surface area contributed by atoms with Gasteiger partial charge in [0.15, 0.2) is 0 Å². The van der Waals surface area contributed by atoms with E-state index in [0.717, 1.165) is 12.8 Å². The van der Waals surface area contributed by atoms with Gasteiger partial charge in [0.05, 0.1) is 0 Å². The van der Waals surface area contributed by atoms with E-state index in [9.17, 15) is 4.79 Å². The second kappa shape index (κ2) is 3.06. The third kappa shape index (κ3) is 1.25. The smallest absolute Gasteiger partial charge is 0.260 e. The number of hydrogen-bond donors (Lipinski definition) is 0. The molecular weight excluding hydrogens is 156 g/mol. The number of ether oxygens (including phenoxy) is 1. The molecule has 0 bridgehead atoms. The normalized spacial score (nSPS) is 22.8. The summed E-state index contributed by atoms with van der Waals surface area (Å²) in [5.41, 5.74) is 0. The van der Waals surface area contributed by atoms with Crippen LogP contribution in [0.1, 0.15) is 17.6 Å². The molecule has 1 aromatic rings. The Balaban J connectivity index is 2.09. The summed E-state index contributed by atoms with van der Waals surface area (Å²) in [5.74, 6) is -0.00926. The fourth-order valence-electron chi connectivity index (χ4n) is 1.33. The van der Waals surface area contributed by atoms with Crippen LogP contribution in [-0.4, -0.2) is 28.2 Å². The van der Waals surface area contributed by atoms with Gasteiger partial charge in [-0.2, -0.15) is 0 Å². The average Bonchev–Trinajstić information content (AvgIpc) is 2.77. The lowest BCUT2D eigenvalue weighted by molar-refractivity contribution is 0.0554. The van der Waals surface area contributed by atoms with E-state index in [0.29, 0.717) is 6.61 Å². The molecule has 0 amide bonds. The molecule has 1 atom stereocenters. The molecule has 0 unspecified atom stereocenters. The Bertz CT molecular complexity index is 263. The van der Waals surface area contributed by atoms with Crippen LogP contribution in [-0.2, 0) is 4.74 Å². The van der Waals surface area contributed by atoms with Gasteiger partial charge in [-0.1, -0.05) is 0 Å². The molecule has 1 aliphatic rings. The number of rotatable bonds is 1. The largest absolute Gasteiger partial charge is 0.368 e. The number of imidazole rings is 1. The van der Waals surface area contributed by atoms with E-state index >= 15 is 0 Å². The van der Waals surface area contributed by atoms with Crippen molar-refractivity contribution < 1.29 is 9.53 Å². The Morgan fingerprint density at radius 2 is 2.58 bits per heavy atom. The fourth-order valence-corrected chi connectivity index (χ4v) is 1.33. The van der Waals surface area contributed by atoms with Crippen LogP contribution < -0.4 is 0 Å². The summed E-state index contributed by atoms with van der Waals surface area (Å²) in [7, 11) is 0. The van der Waals surface area contributed by atoms with Crippen molar-refractivity contribution in [2.75, 3.05) is 6.61 Å². The lowest BCUT2D eigenvalue weighted by Gasteiger charge is -2.06. The molecule has 1 aliphatic heterocycles. The third-order valence-corrected chi connectivity index (χ3v) is 1.96. The molecule has 0 spiro atoms. The summed E-state index contributed by atoms with van der Waals surface area (Å²) >= 11 is 0. The zero-order valence-electron chi connectivity index (χ0n) is 6.64. The predicted octanol–water partition coefficient (Wildman–Crippen LogP) is 0.702. The SMILES string of the molecule is O=C([C@H]1CCCO1)n1ccnc1. The predicted molar refractivity (Wildman–Crippen MR) is 41.8 cm³/mol. The molecule has 1 saturated heterocycles. The molecule has 0 N–H and O–H groups in total. The zero-order chi connectivity index (χ0) is 8.39. The van der Waals surface area contributed by atoms with Gasteiger partial charge in [0.2, 0.25) is 0 Å². The second-order valence-corrected chi connectivity index (χ2v) is 2.81. The van der Waals surface area contributed by atoms with Crippen molar-refractivity contribution >= 4 is 5.91 Å². The van der Waals surface area contributed by atoms with Crippen LogP contribution >= 0.6 is 0 Å². The monoisotopic (exact) mass is 166 g/mol. The number of aromatic nitrogens is 2. The van der Waals surface area contributed by atoms with E-state index in [1.165, 1.54) is 10.9 Å². The van der Waals surface area contributed by atoms with E-state index < -0.39 is 0 Å². The van der Waals surface area contributed by atoms with Gasteiger partial charge >= 0.3 is 0 Å². The maximum atomic E-state index is 11.5. The summed E-state index contributed by atoms with van der Waals surface area (Å²) in [6.45, 7) is 0.700. The lowest BCUT2D eigenvalue weighted by Crippen LogP contribution is -2.24. The van der Waals surface area contributed by atoms with Crippen molar-refractivity contribution in [3.05, 3.63) is 18.7 Å². The summed E-state index contributed by atoms with van der Waals surface area (Å²) in [6, 6.07) is 0. The summed E-state index contributed by atoms with van der Waals surface area (Å²) < 4.78 is 6.71. The molecule has 1 fully saturated rings. The number of hydrogen-bond acceptors (Lipinski definition) is 3. The van der Waals surface area contributed by atoms with Gasteiger partial charge in [0.25, 0.3) is 5.91 Å². The molecule has 2 rings (SSSR count). The van der Waals surface area contributed by atoms with Crippen LogP contribution in [0, 0.1) is 0 Å². The Hall–Kier alpha value is -1.16. The Morgan fingerprint density at radius 3 is 3.17 bits per heavy atom. The number of carbonyl (C=O) groups excluding carboxylic acids is 1. The highest BCUT2D eigenvalue weighted by atomic mass is 16.5. The molecule has 0 radical (unpaired) electrons. The number of carbonyl (C=O) groups is 1. The van der Waals surface area contributed by atoms with Gasteiger partial charge < -0.3 is 4.74 Å². The highest BCUT2D eigenvalue weighted by Gasteiger charge is 2.24. The lowest BCUT2D eigenvalue weighted by atomic mass is 10.2. The number of nitrogens with zero attached hydrogens (tertiary/aromatic N) is 2. The van der Waals surface area contributed by atoms with Crippen LogP contribution in [0.15, 0.2) is 18.7 Å². The van der Waals surface area contributed by atoms with Crippen molar-refractivity contribution in [2.24, 2.45) is 0 Å². The first-order chi connectivity index (χ1) is 5.88. The zero-order valence-corrected chi connectivity index (χ0v) is 6.64. The van der Waals surface area contributed by atoms with Crippen LogP contribution in [0.25, 0.3) is 0 Å². The Labute approximate surface area is 70.2 Å². The third-order valence-electron chi connectivity index (χ3n) is 1.96. The second-order valence-electron chi connectivity index (χ2n) is 2.81. The first-order valence-corrected chi connectivity index (χ1v) is 4.02. The van der Waals surface area contributed by atoms with Gasteiger partial charge in [-0.3, -0.25) is 9.36 Å². The fraction of sp³-hybridized carbons (Fsp3) is 0.500. The topological polar surface area (TPSA) is 44.1 Å². The molecule has 12 heavy (non-hydrogen) atoms. The van der Waals surface area contributed by atoms with Gasteiger partial charge in [0.1, 0.15) is 12.4 Å². The molecule has 4 nitrogen and oxygen atoms in total. The first-order valence-electron chi connectivity index (χ1n) is 4.02. The van der Waals surface area contributed by atoms with Gasteiger partial charge in [-0.15, -0.1) is 0 Å². The molecule has 0 aromatic carbocycles. The highest BCUT2D eigenvalue weighted by molar-refractivity contribution is 5.83. The minimum atomic E-state index is -0.251. The van der Waals surface area contributed by atoms with E-state index in [4.69, 9.17) is 4.74 Å². The molecule has 64 valence electrons. The van der Waals surface area contributed by atoms with Gasteiger partial charge in [-0.25, -0.2) is 4.98 Å². The van der Waals surface area contributed by atoms with Crippen molar-refractivity contribution in [1.82, 2.24) is 9.55 Å². The van der Waals surface area contributed by atoms with E-state index in [1.54, 1.807) is 12.4 Å². The molecule has 4 heteroatoms. The molecule has 1 aromatic heterocycles. The van der Waals surface area contributed by atoms with Gasteiger partial charge in [0, 0.05) is 19.0 Å². The highest BCUT2D eigenvalue weighted by Crippen LogP contribution is 2.13. The van der Waals surface area contributed by atoms with Crippen molar-refractivity contribution in [2.45, 2.75) is 18.9 Å². The van der Waals surface area contributed by atoms with Crippen molar-refractivity contribution in [1.29, 1.82) is 0 Å². The van der Waals surface area contributed by atoms with Crippen molar-refractivity contribution in [3.8, 4) is 0 Å². The summed E-state index contributed by atoms with van der Waals surface area (Å²) in [6.07, 6.45) is 6.29. The molecule has 0 saturated carbocycles. The summed E-state index contributed by atoms with van der Waals surface area (Å²) in [5, 5.41) is 0. The van der Waals surface area contributed by atoms with Crippen LogP contribution in [0.4, 0.5) is 0 Å². The van der Waals surface area contributed by atoms with Crippen LogP contribution in [0.2, 0.25) is 0 Å². The molecule has 0 aliphatic carbocycles. The van der Waals surface area contributed by atoms with E-state index in [1.807, 2.05) is 0 Å². The van der Waals surface area contributed by atoms with E-state index in [-0.39, 0.29) is 12.0 Å². The summed E-state index contributed by atoms with van der Waals surface area (Å²) in [4.78, 5) is 15.3. The maximum absolute atomic E-state index is 11.5. The molecule has 2 heterocycles. The van der Waals surface area contributed by atoms with E-state index in [2.05, 4.69) is 4.98 Å². The Morgan fingerprint density at radius 1 is 1.67 bits per heavy atom. The maximum Gasteiger partial charge on any atom is 0.260 e. The van der Waals surface area contributed by atoms with Crippen LogP contribution in [0.5, 0.6) is 0 Å². The quantitative estimate of drug-likeness (QED) is 0.617. The standard InChI is InChI=1S/C8H10N2O2/c11-8(7-2-1-5-12-7)10-4-3-9-6-10/h3-4,6-7H,1-2,5H2/t7-/m1/s1. The average molecular weight is 166 g/mol. The van der Waals surface area contributed by atoms with Crippen LogP contribution in [0.3, 0.4) is 0 Å². The minimum absolute atomic E-state index is 0.00926. The van der Waals surface area contributed by atoms with Gasteiger partial charge in [-0.05, 0) is 12.8 Å². The van der Waals surface area contributed by atoms with Crippen molar-refractivity contribution in [3.63, 3.8) is 0 Å². The molecular formula is C8H10N2O2.